The molecule has 0 aliphatic heterocycles. The molecule has 0 unspecified atom stereocenters. The van der Waals surface area contributed by atoms with Crippen molar-refractivity contribution in [2.45, 2.75) is 12.4 Å². The third kappa shape index (κ3) is 5.83. The van der Waals surface area contributed by atoms with Crippen LogP contribution in [0.4, 0.5) is 11.5 Å². The Morgan fingerprint density at radius 1 is 0.971 bits per heavy atom. The predicted octanol–water partition coefficient (Wildman–Crippen LogP) is 3.97. The fourth-order valence-electron chi connectivity index (χ4n) is 3.31. The van der Waals surface area contributed by atoms with Gasteiger partial charge in [-0.25, -0.2) is 9.97 Å². The van der Waals surface area contributed by atoms with Crippen molar-refractivity contribution in [3.8, 4) is 11.4 Å². The summed E-state index contributed by atoms with van der Waals surface area (Å²) in [6.07, 6.45) is 0. The number of rotatable bonds is 7. The molecule has 6 N–H and O–H groups in total. The molecule has 0 aliphatic rings. The van der Waals surface area contributed by atoms with Crippen molar-refractivity contribution < 1.29 is 33.5 Å². The molecule has 0 aliphatic carbocycles. The van der Waals surface area contributed by atoms with Crippen LogP contribution < -0.4 is 10.6 Å². The Labute approximate surface area is 203 Å². The van der Waals surface area contributed by atoms with Crippen LogP contribution in [0.5, 0.6) is 0 Å². The van der Waals surface area contributed by atoms with Crippen molar-refractivity contribution in [1.82, 2.24) is 9.97 Å². The van der Waals surface area contributed by atoms with Gasteiger partial charge in [-0.1, -0.05) is 29.8 Å². The minimum atomic E-state index is -5.24. The maximum Gasteiger partial charge on any atom is 0.360 e. The molecule has 0 fully saturated rings. The number of aromatic nitrogens is 2. The van der Waals surface area contributed by atoms with Crippen LogP contribution in [0, 0.1) is 6.92 Å². The second kappa shape index (κ2) is 9.60. The van der Waals surface area contributed by atoms with E-state index < -0.39 is 20.7 Å². The number of carbonyl (C=O) groups excluding carboxylic acids is 1. The molecule has 0 spiro atoms. The van der Waals surface area contributed by atoms with E-state index in [0.717, 1.165) is 5.56 Å². The van der Waals surface area contributed by atoms with Gasteiger partial charge in [-0.05, 0) is 42.6 Å². The lowest BCUT2D eigenvalue weighted by Gasteiger charge is -2.21. The lowest BCUT2D eigenvalue weighted by Crippen LogP contribution is -2.21. The van der Waals surface area contributed by atoms with Crippen molar-refractivity contribution in [3.63, 3.8) is 0 Å². The number of thiophene rings is 1. The number of fused-ring (bicyclic) bond motifs is 1. The highest BCUT2D eigenvalue weighted by atomic mass is 32.1. The van der Waals surface area contributed by atoms with Gasteiger partial charge in [0.15, 0.2) is 5.82 Å². The monoisotopic (exact) mass is 534 g/mol. The van der Waals surface area contributed by atoms with Crippen molar-refractivity contribution in [2.75, 3.05) is 10.6 Å². The highest BCUT2D eigenvalue weighted by Crippen LogP contribution is 2.59. The molecule has 0 bridgehead atoms. The van der Waals surface area contributed by atoms with E-state index >= 15 is 0 Å². The van der Waals surface area contributed by atoms with Crippen LogP contribution in [-0.4, -0.2) is 41.0 Å². The summed E-state index contributed by atoms with van der Waals surface area (Å²) in [7, 11) is -10.5. The summed E-state index contributed by atoms with van der Waals surface area (Å²) in [5.74, 6) is -0.324. The standard InChI is InChI=1S/C21H20N4O7P2S/c1-12-4-2-6-14(10-12)19(26)22-15-7-3-5-13(11-15)17-23-18(16-8-9-35-20(16)24-17)25-21(33(27,28)29)34(30,31)32/h2-11,21H,1H3,(H,22,26)(H,23,24,25)(H2,27,28,29)(H2,30,31,32). The molecule has 35 heavy (non-hydrogen) atoms. The number of benzene rings is 2. The largest absolute Gasteiger partial charge is 0.360 e. The Bertz CT molecular complexity index is 1490. The molecule has 11 nitrogen and oxygen atoms in total. The molecule has 0 radical (unpaired) electrons. The lowest BCUT2D eigenvalue weighted by atomic mass is 10.1. The van der Waals surface area contributed by atoms with E-state index in [0.29, 0.717) is 27.0 Å². The maximum absolute atomic E-state index is 12.6. The number of hydrogen-bond acceptors (Lipinski definition) is 7. The van der Waals surface area contributed by atoms with E-state index in [9.17, 15) is 33.5 Å². The van der Waals surface area contributed by atoms with E-state index in [2.05, 4.69) is 20.6 Å². The van der Waals surface area contributed by atoms with E-state index in [4.69, 9.17) is 0 Å². The van der Waals surface area contributed by atoms with E-state index in [1.807, 2.05) is 13.0 Å². The summed E-state index contributed by atoms with van der Waals surface area (Å²) in [5.41, 5.74) is -0.121. The first-order valence-corrected chi connectivity index (χ1v) is 14.3. The van der Waals surface area contributed by atoms with Gasteiger partial charge in [0.05, 0.1) is 5.39 Å². The first-order valence-electron chi connectivity index (χ1n) is 10.0. The SMILES string of the molecule is Cc1cccc(C(=O)Nc2cccc(-c3nc(NC(P(=O)(O)O)P(=O)(O)O)c4ccsc4n3)c2)c1. The van der Waals surface area contributed by atoms with Gasteiger partial charge in [-0.15, -0.1) is 11.3 Å². The summed E-state index contributed by atoms with van der Waals surface area (Å²) in [6, 6.07) is 15.3. The van der Waals surface area contributed by atoms with E-state index in [-0.39, 0.29) is 17.5 Å². The molecule has 0 saturated carbocycles. The zero-order valence-electron chi connectivity index (χ0n) is 18.1. The third-order valence-corrected chi connectivity index (χ3v) is 9.03. The fraction of sp³-hybridized carbons (Fsp3) is 0.0952. The quantitative estimate of drug-likeness (QED) is 0.190. The molecular weight excluding hydrogens is 514 g/mol. The van der Waals surface area contributed by atoms with Crippen LogP contribution in [-0.2, 0) is 9.13 Å². The summed E-state index contributed by atoms with van der Waals surface area (Å²) in [6.45, 7) is 1.88. The van der Waals surface area contributed by atoms with Gasteiger partial charge in [0.1, 0.15) is 10.6 Å². The Morgan fingerprint density at radius 2 is 1.69 bits per heavy atom. The van der Waals surface area contributed by atoms with Gasteiger partial charge in [-0.2, -0.15) is 0 Å². The average molecular weight is 534 g/mol. The van der Waals surface area contributed by atoms with Gasteiger partial charge in [0, 0.05) is 16.8 Å². The second-order valence-electron chi connectivity index (χ2n) is 7.64. The minimum absolute atomic E-state index is 0.129. The van der Waals surface area contributed by atoms with E-state index in [1.54, 1.807) is 53.9 Å². The predicted molar refractivity (Wildman–Crippen MR) is 133 cm³/mol. The molecule has 14 heteroatoms. The molecule has 4 aromatic rings. The summed E-state index contributed by atoms with van der Waals surface area (Å²) >= 11 is 1.22. The van der Waals surface area contributed by atoms with Crippen molar-refractivity contribution >= 4 is 54.2 Å². The number of hydrogen-bond donors (Lipinski definition) is 6. The number of aryl methyl sites for hydroxylation is 1. The second-order valence-corrected chi connectivity index (χ2v) is 12.3. The van der Waals surface area contributed by atoms with Crippen molar-refractivity contribution in [3.05, 3.63) is 71.1 Å². The lowest BCUT2D eigenvalue weighted by molar-refractivity contribution is 0.102. The van der Waals surface area contributed by atoms with Crippen LogP contribution in [0.2, 0.25) is 0 Å². The highest BCUT2D eigenvalue weighted by molar-refractivity contribution is 7.71. The molecule has 1 amide bonds. The molecular formula is C21H20N4O7P2S. The smallest absolute Gasteiger partial charge is 0.346 e. The van der Waals surface area contributed by atoms with Crippen LogP contribution in [0.3, 0.4) is 0 Å². The molecule has 2 aromatic carbocycles. The van der Waals surface area contributed by atoms with Gasteiger partial charge < -0.3 is 30.2 Å². The Balaban J connectivity index is 1.70. The Kier molecular flexibility index (Phi) is 6.90. The van der Waals surface area contributed by atoms with Crippen LogP contribution >= 0.6 is 26.5 Å². The molecule has 0 atom stereocenters. The number of nitrogens with zero attached hydrogens (tertiary/aromatic N) is 2. The molecule has 4 rings (SSSR count). The Morgan fingerprint density at radius 3 is 2.37 bits per heavy atom. The maximum atomic E-state index is 12.6. The number of carbonyl (C=O) groups is 1. The number of anilines is 2. The summed E-state index contributed by atoms with van der Waals surface area (Å²) in [5, 5.41) is 7.04. The fourth-order valence-corrected chi connectivity index (χ4v) is 6.22. The molecule has 2 heterocycles. The minimum Gasteiger partial charge on any atom is -0.346 e. The summed E-state index contributed by atoms with van der Waals surface area (Å²) < 4.78 is 23.5. The van der Waals surface area contributed by atoms with Crippen molar-refractivity contribution in [1.29, 1.82) is 0 Å². The van der Waals surface area contributed by atoms with Crippen LogP contribution in [0.15, 0.2) is 60.0 Å². The molecule has 2 aromatic heterocycles. The van der Waals surface area contributed by atoms with Crippen LogP contribution in [0.25, 0.3) is 21.6 Å². The topological polar surface area (TPSA) is 182 Å². The number of amides is 1. The zero-order chi connectivity index (χ0) is 25.4. The normalized spacial score (nSPS) is 12.2. The van der Waals surface area contributed by atoms with Gasteiger partial charge >= 0.3 is 15.2 Å². The molecule has 182 valence electrons. The van der Waals surface area contributed by atoms with Gasteiger partial charge in [-0.3, -0.25) is 13.9 Å². The average Bonchev–Trinajstić information content (AvgIpc) is 3.25. The molecule has 0 saturated heterocycles. The first-order chi connectivity index (χ1) is 16.4. The highest BCUT2D eigenvalue weighted by Gasteiger charge is 2.44. The zero-order valence-corrected chi connectivity index (χ0v) is 20.7. The van der Waals surface area contributed by atoms with Gasteiger partial charge in [0.25, 0.3) is 5.91 Å². The first kappa shape index (κ1) is 25.2. The van der Waals surface area contributed by atoms with E-state index in [1.165, 1.54) is 11.3 Å². The van der Waals surface area contributed by atoms with Gasteiger partial charge in [0.2, 0.25) is 5.52 Å². The third-order valence-electron chi connectivity index (χ3n) is 4.89. The summed E-state index contributed by atoms with van der Waals surface area (Å²) in [4.78, 5) is 59.8. The van der Waals surface area contributed by atoms with Crippen LogP contribution in [0.1, 0.15) is 15.9 Å². The Hall–Kier alpha value is -2.95. The number of nitrogens with one attached hydrogen (secondary N) is 2. The van der Waals surface area contributed by atoms with Crippen molar-refractivity contribution in [2.24, 2.45) is 0 Å².